The van der Waals surface area contributed by atoms with Gasteiger partial charge in [0.15, 0.2) is 0 Å². The van der Waals surface area contributed by atoms with Crippen molar-refractivity contribution in [2.75, 3.05) is 32.4 Å². The Bertz CT molecular complexity index is 872. The molecule has 0 aliphatic carbocycles. The van der Waals surface area contributed by atoms with Crippen molar-refractivity contribution < 1.29 is 9.59 Å². The van der Waals surface area contributed by atoms with Gasteiger partial charge in [0, 0.05) is 43.0 Å². The van der Waals surface area contributed by atoms with Crippen LogP contribution in [0.15, 0.2) is 36.5 Å². The minimum absolute atomic E-state index is 0.0498. The van der Waals surface area contributed by atoms with E-state index in [-0.39, 0.29) is 17.9 Å². The van der Waals surface area contributed by atoms with Gasteiger partial charge in [0.25, 0.3) is 11.8 Å². The molecule has 0 saturated carbocycles. The van der Waals surface area contributed by atoms with Crippen molar-refractivity contribution in [3.8, 4) is 0 Å². The second-order valence-electron chi connectivity index (χ2n) is 7.34. The van der Waals surface area contributed by atoms with Gasteiger partial charge in [-0.2, -0.15) is 0 Å². The van der Waals surface area contributed by atoms with E-state index in [1.807, 2.05) is 18.9 Å². The topological polar surface area (TPSA) is 104 Å². The summed E-state index contributed by atoms with van der Waals surface area (Å²) in [5, 5.41) is 2.84. The Morgan fingerprint density at radius 1 is 1.31 bits per heavy atom. The summed E-state index contributed by atoms with van der Waals surface area (Å²) < 4.78 is 0. The van der Waals surface area contributed by atoms with Gasteiger partial charge in [-0.25, -0.2) is 9.97 Å². The second kappa shape index (κ2) is 9.47. The van der Waals surface area contributed by atoms with Crippen molar-refractivity contribution in [2.45, 2.75) is 32.4 Å². The molecular formula is C21H28N6O2. The van der Waals surface area contributed by atoms with Gasteiger partial charge in [-0.3, -0.25) is 14.5 Å². The summed E-state index contributed by atoms with van der Waals surface area (Å²) in [5.74, 6) is 0.923. The number of hydrogen-bond donors (Lipinski definition) is 2. The third-order valence-corrected chi connectivity index (χ3v) is 5.10. The number of nitrogen functional groups attached to an aromatic ring is 1. The molecule has 1 aromatic heterocycles. The van der Waals surface area contributed by atoms with Gasteiger partial charge >= 0.3 is 0 Å². The average molecular weight is 396 g/mol. The molecule has 3 N–H and O–H groups in total. The van der Waals surface area contributed by atoms with Crippen molar-refractivity contribution >= 4 is 17.6 Å². The van der Waals surface area contributed by atoms with Crippen molar-refractivity contribution in [3.63, 3.8) is 0 Å². The minimum atomic E-state index is -0.150. The monoisotopic (exact) mass is 396 g/mol. The zero-order chi connectivity index (χ0) is 20.8. The highest BCUT2D eigenvalue weighted by molar-refractivity contribution is 5.99. The number of rotatable bonds is 7. The maximum Gasteiger partial charge on any atom is 0.253 e. The number of amides is 2. The van der Waals surface area contributed by atoms with Crippen LogP contribution in [0.4, 0.5) is 5.82 Å². The molecule has 8 nitrogen and oxygen atoms in total. The van der Waals surface area contributed by atoms with Gasteiger partial charge in [0.2, 0.25) is 0 Å². The smallest absolute Gasteiger partial charge is 0.253 e. The summed E-state index contributed by atoms with van der Waals surface area (Å²) in [6, 6.07) is 8.80. The van der Waals surface area contributed by atoms with Gasteiger partial charge in [-0.1, -0.05) is 13.0 Å². The van der Waals surface area contributed by atoms with Crippen LogP contribution >= 0.6 is 0 Å². The van der Waals surface area contributed by atoms with Crippen molar-refractivity contribution in [3.05, 3.63) is 53.5 Å². The molecular weight excluding hydrogens is 368 g/mol. The fourth-order valence-electron chi connectivity index (χ4n) is 3.45. The number of likely N-dealkylation sites (N-methyl/N-ethyl adjacent to an activating group) is 1. The first-order valence-corrected chi connectivity index (χ1v) is 9.93. The highest BCUT2D eigenvalue weighted by Gasteiger charge is 2.30. The van der Waals surface area contributed by atoms with Crippen LogP contribution in [0.25, 0.3) is 0 Å². The lowest BCUT2D eigenvalue weighted by atomic mass is 10.1. The van der Waals surface area contributed by atoms with E-state index in [0.29, 0.717) is 48.9 Å². The molecule has 2 amide bonds. The summed E-state index contributed by atoms with van der Waals surface area (Å²) >= 11 is 0. The SMILES string of the molecule is CCCNC(=O)c1cccc(C(=O)N2CC[C@@H](N(C)Cc3nccc(N)n3)C2)c1. The first-order chi connectivity index (χ1) is 14.0. The Morgan fingerprint density at radius 2 is 2.10 bits per heavy atom. The van der Waals surface area contributed by atoms with E-state index in [2.05, 4.69) is 20.2 Å². The number of anilines is 1. The number of hydrogen-bond acceptors (Lipinski definition) is 6. The van der Waals surface area contributed by atoms with Gasteiger partial charge in [0.05, 0.1) is 6.54 Å². The van der Waals surface area contributed by atoms with Crippen LogP contribution < -0.4 is 11.1 Å². The summed E-state index contributed by atoms with van der Waals surface area (Å²) in [4.78, 5) is 37.6. The van der Waals surface area contributed by atoms with E-state index in [9.17, 15) is 9.59 Å². The van der Waals surface area contributed by atoms with Gasteiger partial charge in [-0.15, -0.1) is 0 Å². The largest absolute Gasteiger partial charge is 0.384 e. The molecule has 1 atom stereocenters. The quantitative estimate of drug-likeness (QED) is 0.736. The number of nitrogens with two attached hydrogens (primary N) is 1. The molecule has 1 fully saturated rings. The van der Waals surface area contributed by atoms with Gasteiger partial charge in [-0.05, 0) is 44.2 Å². The molecule has 2 aromatic rings. The zero-order valence-corrected chi connectivity index (χ0v) is 17.0. The summed E-state index contributed by atoms with van der Waals surface area (Å²) in [7, 11) is 2.00. The summed E-state index contributed by atoms with van der Waals surface area (Å²) in [6.45, 7) is 4.50. The van der Waals surface area contributed by atoms with Crippen LogP contribution in [0.5, 0.6) is 0 Å². The number of nitrogens with zero attached hydrogens (tertiary/aromatic N) is 4. The maximum absolute atomic E-state index is 12.9. The van der Waals surface area contributed by atoms with Crippen LogP contribution in [0.2, 0.25) is 0 Å². The van der Waals surface area contributed by atoms with E-state index in [1.165, 1.54) is 0 Å². The predicted octanol–water partition coefficient (Wildman–Crippen LogP) is 1.55. The Hall–Kier alpha value is -3.00. The van der Waals surface area contributed by atoms with Crippen LogP contribution in [0.1, 0.15) is 46.3 Å². The van der Waals surface area contributed by atoms with E-state index < -0.39 is 0 Å². The standard InChI is InChI=1S/C21H28N6O2/c1-3-9-24-20(28)15-5-4-6-16(12-15)21(29)27-11-8-17(13-27)26(2)14-19-23-10-7-18(22)25-19/h4-7,10,12,17H,3,8-9,11,13-14H2,1-2H3,(H,24,28)(H2,22,23,25)/t17-/m1/s1. The molecule has 3 rings (SSSR count). The minimum Gasteiger partial charge on any atom is -0.384 e. The van der Waals surface area contributed by atoms with Crippen molar-refractivity contribution in [1.82, 2.24) is 25.1 Å². The van der Waals surface area contributed by atoms with Crippen molar-refractivity contribution in [1.29, 1.82) is 0 Å². The number of carbonyl (C=O) groups is 2. The molecule has 8 heteroatoms. The lowest BCUT2D eigenvalue weighted by molar-refractivity contribution is 0.0779. The molecule has 0 bridgehead atoms. The predicted molar refractivity (Wildman–Crippen MR) is 111 cm³/mol. The molecule has 29 heavy (non-hydrogen) atoms. The van der Waals surface area contributed by atoms with E-state index in [0.717, 1.165) is 12.8 Å². The Labute approximate surface area is 171 Å². The number of nitrogens with one attached hydrogen (secondary N) is 1. The molecule has 1 aliphatic heterocycles. The molecule has 1 aromatic carbocycles. The van der Waals surface area contributed by atoms with E-state index in [4.69, 9.17) is 5.73 Å². The van der Waals surface area contributed by atoms with E-state index >= 15 is 0 Å². The lowest BCUT2D eigenvalue weighted by Gasteiger charge is -2.24. The normalized spacial score (nSPS) is 16.2. The number of benzene rings is 1. The molecule has 2 heterocycles. The summed E-state index contributed by atoms with van der Waals surface area (Å²) in [6.07, 6.45) is 3.40. The van der Waals surface area contributed by atoms with Gasteiger partial charge in [0.1, 0.15) is 11.6 Å². The fourth-order valence-corrected chi connectivity index (χ4v) is 3.45. The highest BCUT2D eigenvalue weighted by Crippen LogP contribution is 2.19. The second-order valence-corrected chi connectivity index (χ2v) is 7.34. The van der Waals surface area contributed by atoms with Crippen LogP contribution in [0.3, 0.4) is 0 Å². The van der Waals surface area contributed by atoms with Gasteiger partial charge < -0.3 is 16.0 Å². The third kappa shape index (κ3) is 5.29. The fraction of sp³-hybridized carbons (Fsp3) is 0.429. The summed E-state index contributed by atoms with van der Waals surface area (Å²) in [5.41, 5.74) is 6.77. The first-order valence-electron chi connectivity index (χ1n) is 9.93. The molecule has 1 saturated heterocycles. The Balaban J connectivity index is 1.61. The number of likely N-dealkylation sites (tertiary alicyclic amines) is 1. The molecule has 1 aliphatic rings. The van der Waals surface area contributed by atoms with Crippen LogP contribution in [-0.4, -0.2) is 64.3 Å². The van der Waals surface area contributed by atoms with Crippen molar-refractivity contribution in [2.24, 2.45) is 0 Å². The Morgan fingerprint density at radius 3 is 2.86 bits per heavy atom. The number of aromatic nitrogens is 2. The first kappa shape index (κ1) is 20.7. The lowest BCUT2D eigenvalue weighted by Crippen LogP contribution is -2.36. The maximum atomic E-state index is 12.9. The van der Waals surface area contributed by atoms with Crippen LogP contribution in [0, 0.1) is 0 Å². The number of carbonyl (C=O) groups excluding carboxylic acids is 2. The molecule has 0 spiro atoms. The van der Waals surface area contributed by atoms with E-state index in [1.54, 1.807) is 36.5 Å². The molecule has 0 unspecified atom stereocenters. The zero-order valence-electron chi connectivity index (χ0n) is 17.0. The average Bonchev–Trinajstić information content (AvgIpc) is 3.22. The Kier molecular flexibility index (Phi) is 6.77. The molecule has 154 valence electrons. The third-order valence-electron chi connectivity index (χ3n) is 5.10. The molecule has 0 radical (unpaired) electrons. The highest BCUT2D eigenvalue weighted by atomic mass is 16.2. The van der Waals surface area contributed by atoms with Crippen LogP contribution in [-0.2, 0) is 6.54 Å².